The molecule has 0 radical (unpaired) electrons. The van der Waals surface area contributed by atoms with E-state index in [9.17, 15) is 14.7 Å². The van der Waals surface area contributed by atoms with Crippen LogP contribution in [0, 0.1) is 5.41 Å². The summed E-state index contributed by atoms with van der Waals surface area (Å²) in [5, 5.41) is 11.8. The molecule has 1 amide bonds. The number of carboxylic acids is 1. The molecule has 0 bridgehead atoms. The van der Waals surface area contributed by atoms with E-state index in [1.54, 1.807) is 27.9 Å². The number of carboxylic acid groups (broad SMARTS) is 1. The van der Waals surface area contributed by atoms with Gasteiger partial charge in [-0.05, 0) is 29.5 Å². The lowest BCUT2D eigenvalue weighted by atomic mass is 9.86. The molecule has 0 saturated carbocycles. The summed E-state index contributed by atoms with van der Waals surface area (Å²) in [7, 11) is 1.60. The number of hydrogen-bond donors (Lipinski definition) is 2. The topological polar surface area (TPSA) is 75.6 Å². The molecule has 0 saturated heterocycles. The molecule has 0 aliphatic carbocycles. The first-order valence-electron chi connectivity index (χ1n) is 6.89. The van der Waals surface area contributed by atoms with Gasteiger partial charge in [0.15, 0.2) is 0 Å². The van der Waals surface area contributed by atoms with Gasteiger partial charge in [0.05, 0.1) is 7.11 Å². The maximum Gasteiger partial charge on any atom is 0.326 e. The number of nitrogens with one attached hydrogen (secondary N) is 1. The van der Waals surface area contributed by atoms with E-state index in [4.69, 9.17) is 4.74 Å². The third-order valence-electron chi connectivity index (χ3n) is 3.22. The van der Waals surface area contributed by atoms with Crippen molar-refractivity contribution in [3.8, 4) is 5.75 Å². The first-order chi connectivity index (χ1) is 9.74. The lowest BCUT2D eigenvalue weighted by Gasteiger charge is -2.27. The second-order valence-electron chi connectivity index (χ2n) is 6.05. The maximum atomic E-state index is 11.9. The molecule has 21 heavy (non-hydrogen) atoms. The summed E-state index contributed by atoms with van der Waals surface area (Å²) in [4.78, 5) is 23.1. The van der Waals surface area contributed by atoms with Crippen molar-refractivity contribution in [1.82, 2.24) is 5.32 Å². The lowest BCUT2D eigenvalue weighted by Crippen LogP contribution is -2.49. The van der Waals surface area contributed by atoms with Crippen LogP contribution >= 0.6 is 0 Å². The van der Waals surface area contributed by atoms with Gasteiger partial charge in [-0.1, -0.05) is 32.9 Å². The van der Waals surface area contributed by atoms with Crippen LogP contribution in [0.1, 0.15) is 32.8 Å². The molecular formula is C16H23NO4. The average Bonchev–Trinajstić information content (AvgIpc) is 2.41. The first-order valence-corrected chi connectivity index (χ1v) is 6.89. The van der Waals surface area contributed by atoms with E-state index in [1.807, 2.05) is 24.3 Å². The van der Waals surface area contributed by atoms with Gasteiger partial charge < -0.3 is 15.2 Å². The monoisotopic (exact) mass is 293 g/mol. The second-order valence-corrected chi connectivity index (χ2v) is 6.05. The Bertz CT molecular complexity index is 488. The van der Waals surface area contributed by atoms with Gasteiger partial charge in [0.2, 0.25) is 5.91 Å². The Labute approximate surface area is 125 Å². The van der Waals surface area contributed by atoms with Gasteiger partial charge >= 0.3 is 5.97 Å². The van der Waals surface area contributed by atoms with Crippen LogP contribution in [0.4, 0.5) is 0 Å². The number of ether oxygens (including phenoxy) is 1. The Morgan fingerprint density at radius 2 is 1.81 bits per heavy atom. The van der Waals surface area contributed by atoms with Crippen LogP contribution in [0.3, 0.4) is 0 Å². The lowest BCUT2D eigenvalue weighted by molar-refractivity contribution is -0.144. The Morgan fingerprint density at radius 1 is 1.24 bits per heavy atom. The highest BCUT2D eigenvalue weighted by molar-refractivity contribution is 5.84. The fourth-order valence-corrected chi connectivity index (χ4v) is 1.93. The van der Waals surface area contributed by atoms with Crippen LogP contribution in [0.15, 0.2) is 24.3 Å². The van der Waals surface area contributed by atoms with E-state index in [1.165, 1.54) is 0 Å². The summed E-state index contributed by atoms with van der Waals surface area (Å²) in [6.07, 6.45) is 0.818. The summed E-state index contributed by atoms with van der Waals surface area (Å²) in [6.45, 7) is 5.36. The fraction of sp³-hybridized carbons (Fsp3) is 0.500. The predicted molar refractivity (Wildman–Crippen MR) is 80.3 cm³/mol. The Balaban J connectivity index is 2.54. The van der Waals surface area contributed by atoms with Gasteiger partial charge in [0.1, 0.15) is 11.8 Å². The van der Waals surface area contributed by atoms with Gasteiger partial charge in [-0.15, -0.1) is 0 Å². The van der Waals surface area contributed by atoms with Gasteiger partial charge in [-0.25, -0.2) is 4.79 Å². The number of benzene rings is 1. The normalized spacial score (nSPS) is 12.6. The van der Waals surface area contributed by atoms with Gasteiger partial charge in [0, 0.05) is 6.42 Å². The summed E-state index contributed by atoms with van der Waals surface area (Å²) in [5.74, 6) is -0.504. The molecule has 0 heterocycles. The molecule has 116 valence electrons. The molecule has 0 spiro atoms. The van der Waals surface area contributed by atoms with Crippen molar-refractivity contribution in [2.75, 3.05) is 7.11 Å². The van der Waals surface area contributed by atoms with Gasteiger partial charge in [-0.2, -0.15) is 0 Å². The third kappa shape index (κ3) is 5.45. The van der Waals surface area contributed by atoms with E-state index in [-0.39, 0.29) is 12.3 Å². The number of aryl methyl sites for hydroxylation is 1. The summed E-state index contributed by atoms with van der Waals surface area (Å²) < 4.78 is 5.07. The number of amides is 1. The predicted octanol–water partition coefficient (Wildman–Crippen LogP) is 2.24. The Morgan fingerprint density at radius 3 is 2.24 bits per heavy atom. The molecule has 0 fully saturated rings. The van der Waals surface area contributed by atoms with Crippen molar-refractivity contribution in [2.24, 2.45) is 5.41 Å². The van der Waals surface area contributed by atoms with Crippen LogP contribution in [0.2, 0.25) is 0 Å². The van der Waals surface area contributed by atoms with Crippen LogP contribution in [0.5, 0.6) is 5.75 Å². The number of rotatable bonds is 6. The van der Waals surface area contributed by atoms with E-state index >= 15 is 0 Å². The zero-order valence-electron chi connectivity index (χ0n) is 13.0. The summed E-state index contributed by atoms with van der Waals surface area (Å²) in [6, 6.07) is 6.57. The average molecular weight is 293 g/mol. The largest absolute Gasteiger partial charge is 0.497 e. The number of aliphatic carboxylic acids is 1. The molecule has 1 aromatic carbocycles. The first kappa shape index (κ1) is 17.0. The van der Waals surface area contributed by atoms with E-state index in [0.717, 1.165) is 11.3 Å². The SMILES string of the molecule is COc1ccc(CCC(=O)N[C@@H](C(=O)O)C(C)(C)C)cc1. The minimum absolute atomic E-state index is 0.256. The van der Waals surface area contributed by atoms with Crippen LogP contribution in [-0.4, -0.2) is 30.1 Å². The van der Waals surface area contributed by atoms with Crippen LogP contribution < -0.4 is 10.1 Å². The van der Waals surface area contributed by atoms with Crippen molar-refractivity contribution in [1.29, 1.82) is 0 Å². The van der Waals surface area contributed by atoms with Crippen LogP contribution in [0.25, 0.3) is 0 Å². The Kier molecular flexibility index (Phi) is 5.76. The molecule has 5 heteroatoms. The third-order valence-corrected chi connectivity index (χ3v) is 3.22. The molecule has 0 unspecified atom stereocenters. The number of carbonyl (C=O) groups excluding carboxylic acids is 1. The molecule has 1 rings (SSSR count). The molecular weight excluding hydrogens is 270 g/mol. The summed E-state index contributed by atoms with van der Waals surface area (Å²) >= 11 is 0. The van der Waals surface area contributed by atoms with Crippen molar-refractivity contribution >= 4 is 11.9 Å². The van der Waals surface area contributed by atoms with Crippen molar-refractivity contribution in [3.63, 3.8) is 0 Å². The zero-order chi connectivity index (χ0) is 16.0. The summed E-state index contributed by atoms with van der Waals surface area (Å²) in [5.41, 5.74) is 0.482. The van der Waals surface area contributed by atoms with Gasteiger partial charge in [-0.3, -0.25) is 4.79 Å². The number of methoxy groups -OCH3 is 1. The van der Waals surface area contributed by atoms with E-state index in [0.29, 0.717) is 6.42 Å². The van der Waals surface area contributed by atoms with Crippen molar-refractivity contribution < 1.29 is 19.4 Å². The number of hydrogen-bond acceptors (Lipinski definition) is 3. The molecule has 1 atom stereocenters. The number of carbonyl (C=O) groups is 2. The molecule has 1 aromatic rings. The molecule has 0 aromatic heterocycles. The standard InChI is InChI=1S/C16H23NO4/c1-16(2,3)14(15(19)20)17-13(18)10-7-11-5-8-12(21-4)9-6-11/h5-6,8-9,14H,7,10H2,1-4H3,(H,17,18)(H,19,20)/t14-/m0/s1. The highest BCUT2D eigenvalue weighted by Crippen LogP contribution is 2.19. The minimum Gasteiger partial charge on any atom is -0.497 e. The molecule has 0 aliphatic heterocycles. The highest BCUT2D eigenvalue weighted by atomic mass is 16.5. The van der Waals surface area contributed by atoms with E-state index in [2.05, 4.69) is 5.32 Å². The Hall–Kier alpha value is -2.04. The second kappa shape index (κ2) is 7.11. The molecule has 5 nitrogen and oxygen atoms in total. The minimum atomic E-state index is -1.01. The molecule has 2 N–H and O–H groups in total. The van der Waals surface area contributed by atoms with Crippen molar-refractivity contribution in [2.45, 2.75) is 39.7 Å². The highest BCUT2D eigenvalue weighted by Gasteiger charge is 2.32. The zero-order valence-corrected chi connectivity index (χ0v) is 13.0. The van der Waals surface area contributed by atoms with Crippen molar-refractivity contribution in [3.05, 3.63) is 29.8 Å². The van der Waals surface area contributed by atoms with Gasteiger partial charge in [0.25, 0.3) is 0 Å². The smallest absolute Gasteiger partial charge is 0.326 e. The quantitative estimate of drug-likeness (QED) is 0.843. The fourth-order valence-electron chi connectivity index (χ4n) is 1.93. The maximum absolute atomic E-state index is 11.9. The van der Waals surface area contributed by atoms with E-state index < -0.39 is 17.4 Å². The molecule has 0 aliphatic rings. The van der Waals surface area contributed by atoms with Crippen LogP contribution in [-0.2, 0) is 16.0 Å².